The summed E-state index contributed by atoms with van der Waals surface area (Å²) in [6, 6.07) is 0.848. The third kappa shape index (κ3) is 4.07. The van der Waals surface area contributed by atoms with E-state index in [4.69, 9.17) is 5.14 Å². The highest BCUT2D eigenvalue weighted by molar-refractivity contribution is 7.89. The fourth-order valence-corrected chi connectivity index (χ4v) is 1.45. The zero-order valence-electron chi connectivity index (χ0n) is 8.21. The Kier molecular flexibility index (Phi) is 3.48. The number of alkyl halides is 3. The summed E-state index contributed by atoms with van der Waals surface area (Å²) in [6.45, 7) is -1.50. The van der Waals surface area contributed by atoms with Crippen LogP contribution in [0.3, 0.4) is 0 Å². The molecule has 0 unspecified atom stereocenters. The van der Waals surface area contributed by atoms with Crippen LogP contribution in [0.25, 0.3) is 0 Å². The Labute approximate surface area is 94.0 Å². The van der Waals surface area contributed by atoms with Gasteiger partial charge in [-0.3, -0.25) is 4.79 Å². The monoisotopic (exact) mass is 271 g/mol. The molecule has 96 valence electrons. The Hall–Kier alpha value is -1.55. The second-order valence-electron chi connectivity index (χ2n) is 3.09. The average molecular weight is 271 g/mol. The van der Waals surface area contributed by atoms with Gasteiger partial charge < -0.3 is 10.3 Å². The van der Waals surface area contributed by atoms with Crippen LogP contribution in [0.1, 0.15) is 10.5 Å². The molecule has 6 nitrogen and oxygen atoms in total. The number of amides is 1. The molecule has 1 amide bonds. The first-order valence-electron chi connectivity index (χ1n) is 4.16. The van der Waals surface area contributed by atoms with Crippen molar-refractivity contribution in [1.29, 1.82) is 0 Å². The summed E-state index contributed by atoms with van der Waals surface area (Å²) in [4.78, 5) is 13.0. The molecule has 0 radical (unpaired) electrons. The molecule has 0 saturated carbocycles. The smallest absolute Gasteiger partial charge is 0.356 e. The lowest BCUT2D eigenvalue weighted by Gasteiger charge is -2.06. The molecule has 1 aromatic rings. The number of aromatic amines is 1. The molecule has 0 aliphatic heterocycles. The van der Waals surface area contributed by atoms with Crippen LogP contribution < -0.4 is 10.5 Å². The number of halogens is 3. The molecule has 0 saturated heterocycles. The Morgan fingerprint density at radius 3 is 2.47 bits per heavy atom. The minimum Gasteiger partial charge on any atom is -0.356 e. The van der Waals surface area contributed by atoms with Crippen molar-refractivity contribution in [3.05, 3.63) is 18.0 Å². The lowest BCUT2D eigenvalue weighted by molar-refractivity contribution is -0.123. The van der Waals surface area contributed by atoms with Gasteiger partial charge in [0.05, 0.1) is 4.90 Å². The third-order valence-corrected chi connectivity index (χ3v) is 2.57. The Balaban J connectivity index is 2.75. The van der Waals surface area contributed by atoms with Crippen molar-refractivity contribution in [1.82, 2.24) is 10.3 Å². The van der Waals surface area contributed by atoms with E-state index in [1.165, 1.54) is 0 Å². The molecule has 17 heavy (non-hydrogen) atoms. The van der Waals surface area contributed by atoms with Crippen LogP contribution in [0.15, 0.2) is 17.2 Å². The highest BCUT2D eigenvalue weighted by Crippen LogP contribution is 2.13. The van der Waals surface area contributed by atoms with Crippen LogP contribution >= 0.6 is 0 Å². The first kappa shape index (κ1) is 13.5. The Morgan fingerprint density at radius 2 is 2.06 bits per heavy atom. The molecule has 1 heterocycles. The Bertz CT molecular complexity index is 520. The van der Waals surface area contributed by atoms with Gasteiger partial charge in [-0.05, 0) is 6.07 Å². The quantitative estimate of drug-likeness (QED) is 0.718. The van der Waals surface area contributed by atoms with Gasteiger partial charge in [-0.2, -0.15) is 13.2 Å². The molecule has 0 aromatic carbocycles. The number of nitrogens with two attached hydrogens (primary N) is 1. The molecule has 0 atom stereocenters. The van der Waals surface area contributed by atoms with Gasteiger partial charge in [0.1, 0.15) is 12.2 Å². The summed E-state index contributed by atoms with van der Waals surface area (Å²) < 4.78 is 57.0. The van der Waals surface area contributed by atoms with Gasteiger partial charge >= 0.3 is 6.18 Å². The lowest BCUT2D eigenvalue weighted by atomic mass is 10.4. The molecule has 4 N–H and O–H groups in total. The number of carbonyl (C=O) groups excluding carboxylic acids is 1. The van der Waals surface area contributed by atoms with Crippen molar-refractivity contribution in [3.8, 4) is 0 Å². The molecule has 0 spiro atoms. The van der Waals surface area contributed by atoms with Crippen molar-refractivity contribution >= 4 is 15.9 Å². The number of hydrogen-bond acceptors (Lipinski definition) is 3. The molecule has 0 aliphatic carbocycles. The van der Waals surface area contributed by atoms with Crippen LogP contribution in [0.2, 0.25) is 0 Å². The van der Waals surface area contributed by atoms with Crippen molar-refractivity contribution in [3.63, 3.8) is 0 Å². The molecular formula is C7H8F3N3O3S. The number of primary sulfonamides is 1. The molecule has 0 bridgehead atoms. The number of sulfonamides is 1. The molecule has 10 heteroatoms. The first-order valence-corrected chi connectivity index (χ1v) is 5.70. The van der Waals surface area contributed by atoms with Gasteiger partial charge in [0.2, 0.25) is 10.0 Å². The van der Waals surface area contributed by atoms with Gasteiger partial charge in [0, 0.05) is 6.20 Å². The normalized spacial score (nSPS) is 12.5. The summed E-state index contributed by atoms with van der Waals surface area (Å²) in [6.07, 6.45) is -3.62. The molecule has 0 fully saturated rings. The predicted octanol–water partition coefficient (Wildman–Crippen LogP) is -0.0458. The molecule has 1 rings (SSSR count). The minimum atomic E-state index is -4.54. The van der Waals surface area contributed by atoms with Gasteiger partial charge in [-0.25, -0.2) is 13.6 Å². The Morgan fingerprint density at radius 1 is 1.47 bits per heavy atom. The van der Waals surface area contributed by atoms with E-state index in [0.717, 1.165) is 12.3 Å². The van der Waals surface area contributed by atoms with Crippen LogP contribution in [0.4, 0.5) is 13.2 Å². The summed E-state index contributed by atoms with van der Waals surface area (Å²) in [5.74, 6) is -1.07. The van der Waals surface area contributed by atoms with E-state index in [-0.39, 0.29) is 10.6 Å². The van der Waals surface area contributed by atoms with Crippen LogP contribution in [-0.4, -0.2) is 32.0 Å². The van der Waals surface area contributed by atoms with Gasteiger partial charge in [-0.1, -0.05) is 0 Å². The zero-order chi connectivity index (χ0) is 13.3. The summed E-state index contributed by atoms with van der Waals surface area (Å²) >= 11 is 0. The maximum absolute atomic E-state index is 11.8. The predicted molar refractivity (Wildman–Crippen MR) is 50.6 cm³/mol. The van der Waals surface area contributed by atoms with Crippen molar-refractivity contribution in [2.75, 3.05) is 6.54 Å². The van der Waals surface area contributed by atoms with E-state index in [9.17, 15) is 26.4 Å². The second kappa shape index (κ2) is 4.37. The van der Waals surface area contributed by atoms with Crippen LogP contribution in [-0.2, 0) is 10.0 Å². The maximum Gasteiger partial charge on any atom is 0.405 e. The molecule has 1 aromatic heterocycles. The fourth-order valence-electron chi connectivity index (χ4n) is 0.946. The van der Waals surface area contributed by atoms with E-state index in [1.54, 1.807) is 5.32 Å². The SMILES string of the molecule is NS(=O)(=O)c1c[nH]c(C(=O)NCC(F)(F)F)c1. The van der Waals surface area contributed by atoms with Crippen LogP contribution in [0, 0.1) is 0 Å². The van der Waals surface area contributed by atoms with Gasteiger partial charge in [-0.15, -0.1) is 0 Å². The summed E-state index contributed by atoms with van der Waals surface area (Å²) in [5, 5.41) is 6.33. The number of hydrogen-bond donors (Lipinski definition) is 3. The van der Waals surface area contributed by atoms with E-state index in [0.29, 0.717) is 0 Å². The standard InChI is InChI=1S/C7H8F3N3O3S/c8-7(9,10)3-13-6(14)5-1-4(2-12-5)17(11,15)16/h1-2,12H,3H2,(H,13,14)(H2,11,15,16). The number of nitrogens with one attached hydrogen (secondary N) is 2. The lowest BCUT2D eigenvalue weighted by Crippen LogP contribution is -2.33. The summed E-state index contributed by atoms with van der Waals surface area (Å²) in [7, 11) is -3.99. The third-order valence-electron chi connectivity index (χ3n) is 1.68. The largest absolute Gasteiger partial charge is 0.405 e. The van der Waals surface area contributed by atoms with E-state index in [2.05, 4.69) is 4.98 Å². The second-order valence-corrected chi connectivity index (χ2v) is 4.65. The highest BCUT2D eigenvalue weighted by atomic mass is 32.2. The highest BCUT2D eigenvalue weighted by Gasteiger charge is 2.28. The topological polar surface area (TPSA) is 105 Å². The minimum absolute atomic E-state index is 0.321. The number of rotatable bonds is 3. The zero-order valence-corrected chi connectivity index (χ0v) is 9.02. The summed E-state index contributed by atoms with van der Waals surface area (Å²) in [5.41, 5.74) is -0.321. The number of aromatic nitrogens is 1. The van der Waals surface area contributed by atoms with E-state index in [1.807, 2.05) is 0 Å². The van der Waals surface area contributed by atoms with E-state index < -0.39 is 28.7 Å². The number of H-pyrrole nitrogens is 1. The van der Waals surface area contributed by atoms with Crippen molar-refractivity contribution in [2.24, 2.45) is 5.14 Å². The van der Waals surface area contributed by atoms with Crippen molar-refractivity contribution < 1.29 is 26.4 Å². The first-order chi connectivity index (χ1) is 7.59. The van der Waals surface area contributed by atoms with Gasteiger partial charge in [0.15, 0.2) is 0 Å². The average Bonchev–Trinajstić information content (AvgIpc) is 2.60. The molecule has 0 aliphatic rings. The maximum atomic E-state index is 11.8. The molecular weight excluding hydrogens is 263 g/mol. The number of carbonyl (C=O) groups is 1. The van der Waals surface area contributed by atoms with Crippen molar-refractivity contribution in [2.45, 2.75) is 11.1 Å². The fraction of sp³-hybridized carbons (Fsp3) is 0.286. The van der Waals surface area contributed by atoms with Crippen LogP contribution in [0.5, 0.6) is 0 Å². The van der Waals surface area contributed by atoms with E-state index >= 15 is 0 Å². The van der Waals surface area contributed by atoms with Gasteiger partial charge in [0.25, 0.3) is 5.91 Å².